The molecule has 1 saturated heterocycles. The van der Waals surface area contributed by atoms with Crippen molar-refractivity contribution in [3.63, 3.8) is 0 Å². The van der Waals surface area contributed by atoms with Crippen LogP contribution in [0.25, 0.3) is 0 Å². The number of hydrogen-bond acceptors (Lipinski definition) is 2. The topological polar surface area (TPSA) is 18.5 Å². The van der Waals surface area contributed by atoms with Crippen molar-refractivity contribution in [3.05, 3.63) is 30.3 Å². The van der Waals surface area contributed by atoms with Crippen LogP contribution in [-0.4, -0.2) is 19.3 Å². The van der Waals surface area contributed by atoms with E-state index in [1.165, 1.54) is 0 Å². The molecule has 0 N–H and O–H groups in total. The Kier molecular flexibility index (Phi) is 2.82. The van der Waals surface area contributed by atoms with Crippen LogP contribution in [0.15, 0.2) is 24.3 Å². The van der Waals surface area contributed by atoms with E-state index in [0.717, 1.165) is 31.8 Å². The molecular weight excluding hydrogens is 164 g/mol. The fourth-order valence-corrected chi connectivity index (χ4v) is 1.44. The summed E-state index contributed by atoms with van der Waals surface area (Å²) in [6.45, 7) is 1.65. The van der Waals surface area contributed by atoms with Crippen molar-refractivity contribution in [1.82, 2.24) is 0 Å². The van der Waals surface area contributed by atoms with Crippen molar-refractivity contribution in [2.24, 2.45) is 0 Å². The third-order valence-electron chi connectivity index (χ3n) is 2.16. The second-order valence-electron chi connectivity index (χ2n) is 3.17. The van der Waals surface area contributed by atoms with E-state index in [1.807, 2.05) is 24.3 Å². The molecule has 0 unspecified atom stereocenters. The summed E-state index contributed by atoms with van der Waals surface area (Å²) >= 11 is 0. The Labute approximate surface area is 78.5 Å². The van der Waals surface area contributed by atoms with E-state index in [0.29, 0.717) is 6.10 Å². The SMILES string of the molecule is [c]1ccc(OC2CCOCC2)cc1. The molecule has 0 atom stereocenters. The molecule has 1 fully saturated rings. The summed E-state index contributed by atoms with van der Waals surface area (Å²) in [4.78, 5) is 0. The van der Waals surface area contributed by atoms with Gasteiger partial charge in [0.15, 0.2) is 0 Å². The molecule has 69 valence electrons. The summed E-state index contributed by atoms with van der Waals surface area (Å²) in [7, 11) is 0. The van der Waals surface area contributed by atoms with Crippen LogP contribution < -0.4 is 4.74 Å². The molecule has 1 aliphatic rings. The van der Waals surface area contributed by atoms with E-state index in [9.17, 15) is 0 Å². The second-order valence-corrected chi connectivity index (χ2v) is 3.17. The van der Waals surface area contributed by atoms with Crippen LogP contribution in [0, 0.1) is 6.07 Å². The van der Waals surface area contributed by atoms with E-state index < -0.39 is 0 Å². The highest BCUT2D eigenvalue weighted by Gasteiger charge is 2.14. The van der Waals surface area contributed by atoms with Crippen LogP contribution >= 0.6 is 0 Å². The van der Waals surface area contributed by atoms with Crippen molar-refractivity contribution in [2.45, 2.75) is 18.9 Å². The average Bonchev–Trinajstić information content (AvgIpc) is 2.21. The highest BCUT2D eigenvalue weighted by atomic mass is 16.5. The Bertz CT molecular complexity index is 240. The molecule has 2 rings (SSSR count). The van der Waals surface area contributed by atoms with Crippen LogP contribution in [0.3, 0.4) is 0 Å². The maximum Gasteiger partial charge on any atom is 0.119 e. The van der Waals surface area contributed by atoms with Crippen molar-refractivity contribution >= 4 is 0 Å². The van der Waals surface area contributed by atoms with E-state index >= 15 is 0 Å². The summed E-state index contributed by atoms with van der Waals surface area (Å²) in [5.74, 6) is 0.936. The van der Waals surface area contributed by atoms with Gasteiger partial charge in [0.1, 0.15) is 11.9 Å². The lowest BCUT2D eigenvalue weighted by molar-refractivity contribution is 0.0256. The zero-order valence-electron chi connectivity index (χ0n) is 7.53. The van der Waals surface area contributed by atoms with Crippen molar-refractivity contribution in [3.8, 4) is 5.75 Å². The van der Waals surface area contributed by atoms with Gasteiger partial charge in [0.2, 0.25) is 0 Å². The van der Waals surface area contributed by atoms with Crippen LogP contribution in [0.4, 0.5) is 0 Å². The maximum atomic E-state index is 5.76. The molecule has 0 aromatic heterocycles. The fourth-order valence-electron chi connectivity index (χ4n) is 1.44. The van der Waals surface area contributed by atoms with Crippen LogP contribution in [0.5, 0.6) is 5.75 Å². The smallest absolute Gasteiger partial charge is 0.119 e. The molecule has 0 bridgehead atoms. The van der Waals surface area contributed by atoms with Crippen LogP contribution in [-0.2, 0) is 4.74 Å². The number of hydrogen-bond donors (Lipinski definition) is 0. The van der Waals surface area contributed by atoms with Gasteiger partial charge in [0, 0.05) is 12.8 Å². The molecule has 1 aromatic carbocycles. The van der Waals surface area contributed by atoms with Gasteiger partial charge in [-0.1, -0.05) is 12.1 Å². The van der Waals surface area contributed by atoms with Gasteiger partial charge in [-0.3, -0.25) is 0 Å². The summed E-state index contributed by atoms with van der Waals surface area (Å²) in [6.07, 6.45) is 2.33. The predicted octanol–water partition coefficient (Wildman–Crippen LogP) is 2.04. The van der Waals surface area contributed by atoms with E-state index in [4.69, 9.17) is 9.47 Å². The Morgan fingerprint density at radius 3 is 2.62 bits per heavy atom. The van der Waals surface area contributed by atoms with Gasteiger partial charge in [-0.15, -0.1) is 0 Å². The first-order valence-electron chi connectivity index (χ1n) is 4.66. The van der Waals surface area contributed by atoms with E-state index in [1.54, 1.807) is 0 Å². The molecule has 1 heterocycles. The first-order valence-corrected chi connectivity index (χ1v) is 4.66. The molecule has 0 aliphatic carbocycles. The maximum absolute atomic E-state index is 5.76. The number of benzene rings is 1. The van der Waals surface area contributed by atoms with E-state index in [2.05, 4.69) is 6.07 Å². The predicted molar refractivity (Wildman–Crippen MR) is 49.7 cm³/mol. The first-order chi connectivity index (χ1) is 6.45. The van der Waals surface area contributed by atoms with Crippen molar-refractivity contribution in [1.29, 1.82) is 0 Å². The lowest BCUT2D eigenvalue weighted by Crippen LogP contribution is -2.25. The zero-order valence-corrected chi connectivity index (χ0v) is 7.53. The Balaban J connectivity index is 1.90. The summed E-state index contributed by atoms with van der Waals surface area (Å²) in [6, 6.07) is 10.6. The second kappa shape index (κ2) is 4.28. The third kappa shape index (κ3) is 2.46. The highest BCUT2D eigenvalue weighted by Crippen LogP contribution is 2.16. The van der Waals surface area contributed by atoms with Crippen LogP contribution in [0.2, 0.25) is 0 Å². The molecule has 1 radical (unpaired) electrons. The monoisotopic (exact) mass is 177 g/mol. The minimum atomic E-state index is 0.330. The zero-order chi connectivity index (χ0) is 8.93. The van der Waals surface area contributed by atoms with Gasteiger partial charge in [-0.05, 0) is 18.2 Å². The Morgan fingerprint density at radius 1 is 1.23 bits per heavy atom. The van der Waals surface area contributed by atoms with Crippen molar-refractivity contribution in [2.75, 3.05) is 13.2 Å². The van der Waals surface area contributed by atoms with Gasteiger partial charge in [0.05, 0.1) is 13.2 Å². The molecule has 1 aliphatic heterocycles. The molecule has 13 heavy (non-hydrogen) atoms. The first kappa shape index (κ1) is 8.57. The summed E-state index contributed by atoms with van der Waals surface area (Å²) in [5.41, 5.74) is 0. The molecular formula is C11H13O2. The van der Waals surface area contributed by atoms with E-state index in [-0.39, 0.29) is 0 Å². The van der Waals surface area contributed by atoms with Crippen LogP contribution in [0.1, 0.15) is 12.8 Å². The van der Waals surface area contributed by atoms with Gasteiger partial charge in [-0.25, -0.2) is 0 Å². The molecule has 0 saturated carbocycles. The number of ether oxygens (including phenoxy) is 2. The summed E-state index contributed by atoms with van der Waals surface area (Å²) in [5, 5.41) is 0. The fraction of sp³-hybridized carbons (Fsp3) is 0.455. The highest BCUT2D eigenvalue weighted by molar-refractivity contribution is 5.20. The standard InChI is InChI=1S/C11H13O2/c1-2-4-10(5-3-1)13-11-6-8-12-9-7-11/h2-5,11H,6-9H2. The summed E-state index contributed by atoms with van der Waals surface area (Å²) < 4.78 is 11.0. The average molecular weight is 177 g/mol. The van der Waals surface area contributed by atoms with Gasteiger partial charge in [-0.2, -0.15) is 0 Å². The largest absolute Gasteiger partial charge is 0.490 e. The Morgan fingerprint density at radius 2 is 1.92 bits per heavy atom. The molecule has 0 amide bonds. The lowest BCUT2D eigenvalue weighted by Gasteiger charge is -2.23. The normalized spacial score (nSPS) is 18.5. The third-order valence-corrected chi connectivity index (χ3v) is 2.16. The van der Waals surface area contributed by atoms with Crippen molar-refractivity contribution < 1.29 is 9.47 Å². The molecule has 0 spiro atoms. The minimum Gasteiger partial charge on any atom is -0.490 e. The molecule has 2 heteroatoms. The Hall–Kier alpha value is -1.02. The quantitative estimate of drug-likeness (QED) is 0.688. The molecule has 2 nitrogen and oxygen atoms in total. The minimum absolute atomic E-state index is 0.330. The molecule has 1 aromatic rings. The number of rotatable bonds is 2. The van der Waals surface area contributed by atoms with Gasteiger partial charge in [0.25, 0.3) is 0 Å². The van der Waals surface area contributed by atoms with Gasteiger partial charge < -0.3 is 9.47 Å². The van der Waals surface area contributed by atoms with Gasteiger partial charge >= 0.3 is 0 Å². The lowest BCUT2D eigenvalue weighted by atomic mass is 10.1.